The first-order chi connectivity index (χ1) is 3.80. The first-order valence-corrected chi connectivity index (χ1v) is 2.55. The van der Waals surface area contributed by atoms with Crippen molar-refractivity contribution in [2.24, 2.45) is 4.99 Å². The molecule has 0 aliphatic carbocycles. The number of carboxylic acids is 1. The first kappa shape index (κ1) is 5.28. The molecule has 0 saturated carbocycles. The highest BCUT2D eigenvalue weighted by atomic mass is 16.4. The van der Waals surface area contributed by atoms with Crippen LogP contribution in [0.2, 0.25) is 0 Å². The van der Waals surface area contributed by atoms with Crippen molar-refractivity contribution in [3.63, 3.8) is 0 Å². The maximum absolute atomic E-state index is 10.1. The normalized spacial score (nSPS) is 26.2. The Labute approximate surface area is 47.0 Å². The van der Waals surface area contributed by atoms with Crippen LogP contribution in [-0.4, -0.2) is 23.3 Å². The second-order valence-electron chi connectivity index (χ2n) is 1.76. The fourth-order valence-corrected chi connectivity index (χ4v) is 0.696. The average molecular weight is 113 g/mol. The summed E-state index contributed by atoms with van der Waals surface area (Å²) in [6, 6.07) is -0.449. The molecular formula is C5H7NO2. The van der Waals surface area contributed by atoms with Gasteiger partial charge in [-0.3, -0.25) is 4.99 Å². The van der Waals surface area contributed by atoms with E-state index in [0.717, 1.165) is 6.42 Å². The third-order valence-electron chi connectivity index (χ3n) is 1.14. The van der Waals surface area contributed by atoms with Crippen LogP contribution in [0.25, 0.3) is 0 Å². The molecule has 1 aliphatic heterocycles. The molecule has 1 N–H and O–H groups in total. The third-order valence-corrected chi connectivity index (χ3v) is 1.14. The highest BCUT2D eigenvalue weighted by molar-refractivity contribution is 5.78. The maximum Gasteiger partial charge on any atom is 0.328 e. The number of aliphatic imine (C=N–C) groups is 1. The Hall–Kier alpha value is -0.860. The topological polar surface area (TPSA) is 49.7 Å². The number of rotatable bonds is 1. The summed E-state index contributed by atoms with van der Waals surface area (Å²) in [5.41, 5.74) is 0. The number of nitrogens with zero attached hydrogens (tertiary/aromatic N) is 1. The van der Waals surface area contributed by atoms with Gasteiger partial charge in [0.2, 0.25) is 0 Å². The van der Waals surface area contributed by atoms with Crippen LogP contribution in [0.4, 0.5) is 0 Å². The van der Waals surface area contributed by atoms with Crippen molar-refractivity contribution in [2.75, 3.05) is 0 Å². The zero-order chi connectivity index (χ0) is 5.98. The molecule has 0 aromatic carbocycles. The molecule has 0 radical (unpaired) electrons. The van der Waals surface area contributed by atoms with Crippen LogP contribution in [0, 0.1) is 0 Å². The van der Waals surface area contributed by atoms with Crippen LogP contribution < -0.4 is 0 Å². The van der Waals surface area contributed by atoms with Gasteiger partial charge in [-0.2, -0.15) is 0 Å². The summed E-state index contributed by atoms with van der Waals surface area (Å²) in [5, 5.41) is 8.30. The van der Waals surface area contributed by atoms with E-state index in [1.54, 1.807) is 6.21 Å². The van der Waals surface area contributed by atoms with Crippen molar-refractivity contribution in [3.8, 4) is 0 Å². The Morgan fingerprint density at radius 3 is 2.88 bits per heavy atom. The van der Waals surface area contributed by atoms with Gasteiger partial charge in [0.25, 0.3) is 0 Å². The van der Waals surface area contributed by atoms with E-state index in [-0.39, 0.29) is 0 Å². The molecule has 0 aromatic heterocycles. The van der Waals surface area contributed by atoms with Gasteiger partial charge in [-0.1, -0.05) is 0 Å². The van der Waals surface area contributed by atoms with Crippen LogP contribution in [0.15, 0.2) is 4.99 Å². The lowest BCUT2D eigenvalue weighted by Crippen LogP contribution is -2.13. The van der Waals surface area contributed by atoms with E-state index in [1.807, 2.05) is 0 Å². The first-order valence-electron chi connectivity index (χ1n) is 2.55. The van der Waals surface area contributed by atoms with Crippen LogP contribution in [0.5, 0.6) is 0 Å². The molecule has 1 atom stereocenters. The highest BCUT2D eigenvalue weighted by Gasteiger charge is 2.17. The van der Waals surface area contributed by atoms with Gasteiger partial charge in [0.15, 0.2) is 0 Å². The number of hydrogen-bond acceptors (Lipinski definition) is 2. The average Bonchev–Trinajstić information content (AvgIpc) is 2.12. The van der Waals surface area contributed by atoms with Gasteiger partial charge in [-0.15, -0.1) is 0 Å². The second kappa shape index (κ2) is 1.94. The van der Waals surface area contributed by atoms with Crippen molar-refractivity contribution in [3.05, 3.63) is 0 Å². The van der Waals surface area contributed by atoms with E-state index in [4.69, 9.17) is 5.11 Å². The number of aliphatic carboxylic acids is 1. The van der Waals surface area contributed by atoms with Gasteiger partial charge in [0.1, 0.15) is 6.04 Å². The number of carboxylic acid groups (broad SMARTS) is 1. The summed E-state index contributed by atoms with van der Waals surface area (Å²) >= 11 is 0. The van der Waals surface area contributed by atoms with Gasteiger partial charge in [-0.25, -0.2) is 4.79 Å². The Bertz CT molecular complexity index is 130. The monoisotopic (exact) mass is 113 g/mol. The third kappa shape index (κ3) is 0.857. The standard InChI is InChI=1S/C5H7NO2/c7-5(8)4-2-1-3-6-4/h3-4H,1-2H2,(H,7,8)/t4-/m1/s1. The molecule has 0 aromatic rings. The van der Waals surface area contributed by atoms with E-state index in [9.17, 15) is 4.79 Å². The lowest BCUT2D eigenvalue weighted by molar-refractivity contribution is -0.138. The molecular weight excluding hydrogens is 106 g/mol. The van der Waals surface area contributed by atoms with Crippen molar-refractivity contribution in [2.45, 2.75) is 18.9 Å². The molecule has 3 heteroatoms. The van der Waals surface area contributed by atoms with Crippen LogP contribution in [-0.2, 0) is 4.79 Å². The molecule has 44 valence electrons. The quantitative estimate of drug-likeness (QED) is 0.531. The van der Waals surface area contributed by atoms with E-state index < -0.39 is 12.0 Å². The fraction of sp³-hybridized carbons (Fsp3) is 0.600. The largest absolute Gasteiger partial charge is 0.480 e. The van der Waals surface area contributed by atoms with Gasteiger partial charge < -0.3 is 5.11 Å². The summed E-state index contributed by atoms with van der Waals surface area (Å²) in [5.74, 6) is -0.807. The molecule has 0 fully saturated rings. The number of hydrogen-bond donors (Lipinski definition) is 1. The Balaban J connectivity index is 2.48. The molecule has 8 heavy (non-hydrogen) atoms. The van der Waals surface area contributed by atoms with Crippen molar-refractivity contribution < 1.29 is 9.90 Å². The fourth-order valence-electron chi connectivity index (χ4n) is 0.696. The minimum atomic E-state index is -0.807. The van der Waals surface area contributed by atoms with Gasteiger partial charge in [0.05, 0.1) is 0 Å². The molecule has 0 bridgehead atoms. The van der Waals surface area contributed by atoms with Crippen molar-refractivity contribution >= 4 is 12.2 Å². The Morgan fingerprint density at radius 1 is 1.88 bits per heavy atom. The summed E-state index contributed by atoms with van der Waals surface area (Å²) in [7, 11) is 0. The predicted molar refractivity (Wildman–Crippen MR) is 29.1 cm³/mol. The zero-order valence-electron chi connectivity index (χ0n) is 4.37. The zero-order valence-corrected chi connectivity index (χ0v) is 4.37. The Morgan fingerprint density at radius 2 is 2.62 bits per heavy atom. The van der Waals surface area contributed by atoms with Gasteiger partial charge >= 0.3 is 5.97 Å². The highest BCUT2D eigenvalue weighted by Crippen LogP contribution is 2.06. The van der Waals surface area contributed by atoms with E-state index in [0.29, 0.717) is 6.42 Å². The molecule has 1 aliphatic rings. The minimum absolute atomic E-state index is 0.449. The second-order valence-corrected chi connectivity index (χ2v) is 1.76. The van der Waals surface area contributed by atoms with Crippen molar-refractivity contribution in [1.29, 1.82) is 0 Å². The smallest absolute Gasteiger partial charge is 0.328 e. The van der Waals surface area contributed by atoms with E-state index >= 15 is 0 Å². The molecule has 3 nitrogen and oxygen atoms in total. The molecule has 0 spiro atoms. The van der Waals surface area contributed by atoms with Crippen LogP contribution in [0.1, 0.15) is 12.8 Å². The van der Waals surface area contributed by atoms with Crippen molar-refractivity contribution in [1.82, 2.24) is 0 Å². The molecule has 1 heterocycles. The molecule has 0 unspecified atom stereocenters. The van der Waals surface area contributed by atoms with E-state index in [2.05, 4.69) is 4.99 Å². The summed E-state index contributed by atoms with van der Waals surface area (Å²) in [6.45, 7) is 0. The van der Waals surface area contributed by atoms with Crippen LogP contribution in [0.3, 0.4) is 0 Å². The maximum atomic E-state index is 10.1. The summed E-state index contributed by atoms with van der Waals surface area (Å²) < 4.78 is 0. The van der Waals surface area contributed by atoms with Gasteiger partial charge in [-0.05, 0) is 19.1 Å². The molecule has 1 rings (SSSR count). The SMILES string of the molecule is O=C(O)[C@H]1CCC=N1. The minimum Gasteiger partial charge on any atom is -0.480 e. The van der Waals surface area contributed by atoms with E-state index in [1.165, 1.54) is 0 Å². The summed E-state index contributed by atoms with van der Waals surface area (Å²) in [4.78, 5) is 13.8. The van der Waals surface area contributed by atoms with Crippen LogP contribution >= 0.6 is 0 Å². The summed E-state index contributed by atoms with van der Waals surface area (Å²) in [6.07, 6.45) is 3.16. The number of carbonyl (C=O) groups is 1. The lowest BCUT2D eigenvalue weighted by Gasteiger charge is -1.94. The molecule has 0 saturated heterocycles. The lowest BCUT2D eigenvalue weighted by atomic mass is 10.2. The Kier molecular flexibility index (Phi) is 1.28. The predicted octanol–water partition coefficient (Wildman–Crippen LogP) is 0.304. The molecule has 0 amide bonds. The van der Waals surface area contributed by atoms with Gasteiger partial charge in [0, 0.05) is 0 Å².